The van der Waals surface area contributed by atoms with Gasteiger partial charge in [0.05, 0.1) is 19.3 Å². The molecule has 0 aromatic carbocycles. The summed E-state index contributed by atoms with van der Waals surface area (Å²) in [7, 11) is 3.79. The van der Waals surface area contributed by atoms with Gasteiger partial charge in [-0.05, 0) is 14.0 Å². The van der Waals surface area contributed by atoms with Gasteiger partial charge in [-0.15, -0.1) is 0 Å². The monoisotopic (exact) mass is 229 g/mol. The maximum Gasteiger partial charge on any atom is 0.236 e. The predicted molar refractivity (Wildman–Crippen MR) is 63.4 cm³/mol. The summed E-state index contributed by atoms with van der Waals surface area (Å²) in [6.45, 7) is 6.57. The fourth-order valence-electron chi connectivity index (χ4n) is 1.68. The number of amides is 1. The predicted octanol–water partition coefficient (Wildman–Crippen LogP) is -0.615. The molecular weight excluding hydrogens is 206 g/mol. The lowest BCUT2D eigenvalue weighted by atomic mass is 10.3. The number of ether oxygens (including phenoxy) is 1. The summed E-state index contributed by atoms with van der Waals surface area (Å²) in [5.41, 5.74) is 0. The van der Waals surface area contributed by atoms with Crippen LogP contribution in [0.3, 0.4) is 0 Å². The van der Waals surface area contributed by atoms with Crippen LogP contribution in [0.25, 0.3) is 0 Å². The molecule has 0 saturated carbocycles. The zero-order valence-electron chi connectivity index (χ0n) is 10.5. The molecule has 1 aliphatic rings. The summed E-state index contributed by atoms with van der Waals surface area (Å²) in [5, 5.41) is 3.28. The lowest BCUT2D eigenvalue weighted by Gasteiger charge is -2.28. The van der Waals surface area contributed by atoms with Gasteiger partial charge in [-0.25, -0.2) is 0 Å². The van der Waals surface area contributed by atoms with Gasteiger partial charge >= 0.3 is 0 Å². The molecule has 1 aliphatic heterocycles. The molecule has 0 spiro atoms. The third-order valence-corrected chi connectivity index (χ3v) is 2.82. The molecule has 16 heavy (non-hydrogen) atoms. The standard InChI is InChI=1S/C11H23N3O2/c1-4-14(3)11(15)9-13(2)8-10-7-12-5-6-16-10/h10,12H,4-9H2,1-3H3. The first-order valence-corrected chi connectivity index (χ1v) is 5.88. The lowest BCUT2D eigenvalue weighted by molar-refractivity contribution is -0.131. The summed E-state index contributed by atoms with van der Waals surface area (Å²) in [6.07, 6.45) is 0.207. The van der Waals surface area contributed by atoms with Gasteiger partial charge in [-0.3, -0.25) is 9.69 Å². The highest BCUT2D eigenvalue weighted by atomic mass is 16.5. The fraction of sp³-hybridized carbons (Fsp3) is 0.909. The molecule has 0 aromatic heterocycles. The summed E-state index contributed by atoms with van der Waals surface area (Å²) >= 11 is 0. The van der Waals surface area contributed by atoms with Gasteiger partial charge < -0.3 is 15.0 Å². The largest absolute Gasteiger partial charge is 0.374 e. The van der Waals surface area contributed by atoms with Crippen molar-refractivity contribution < 1.29 is 9.53 Å². The molecule has 0 aromatic rings. The molecule has 0 aliphatic carbocycles. The minimum Gasteiger partial charge on any atom is -0.374 e. The van der Waals surface area contributed by atoms with Gasteiger partial charge in [0, 0.05) is 33.2 Å². The number of carbonyl (C=O) groups excluding carboxylic acids is 1. The van der Waals surface area contributed by atoms with Crippen molar-refractivity contribution in [2.24, 2.45) is 0 Å². The Morgan fingerprint density at radius 2 is 2.25 bits per heavy atom. The molecule has 1 atom stereocenters. The second-order valence-corrected chi connectivity index (χ2v) is 4.30. The Morgan fingerprint density at radius 1 is 1.50 bits per heavy atom. The maximum absolute atomic E-state index is 11.7. The van der Waals surface area contributed by atoms with Gasteiger partial charge in [0.2, 0.25) is 5.91 Å². The maximum atomic E-state index is 11.7. The van der Waals surface area contributed by atoms with Crippen LogP contribution in [0.1, 0.15) is 6.92 Å². The van der Waals surface area contributed by atoms with Crippen molar-refractivity contribution in [2.75, 3.05) is 53.4 Å². The Morgan fingerprint density at radius 3 is 2.81 bits per heavy atom. The van der Waals surface area contributed by atoms with E-state index in [1.54, 1.807) is 4.90 Å². The van der Waals surface area contributed by atoms with Crippen LogP contribution in [0.2, 0.25) is 0 Å². The smallest absolute Gasteiger partial charge is 0.236 e. The van der Waals surface area contributed by atoms with Gasteiger partial charge in [0.25, 0.3) is 0 Å². The van der Waals surface area contributed by atoms with Crippen LogP contribution in [0.15, 0.2) is 0 Å². The number of nitrogens with one attached hydrogen (secondary N) is 1. The van der Waals surface area contributed by atoms with Crippen molar-refractivity contribution in [3.63, 3.8) is 0 Å². The lowest BCUT2D eigenvalue weighted by Crippen LogP contribution is -2.46. The molecule has 0 radical (unpaired) electrons. The van der Waals surface area contributed by atoms with Crippen molar-refractivity contribution in [2.45, 2.75) is 13.0 Å². The molecule has 1 unspecified atom stereocenters. The van der Waals surface area contributed by atoms with E-state index in [-0.39, 0.29) is 12.0 Å². The molecule has 1 heterocycles. The van der Waals surface area contributed by atoms with Crippen LogP contribution in [-0.2, 0) is 9.53 Å². The van der Waals surface area contributed by atoms with Gasteiger partial charge in [0.1, 0.15) is 0 Å². The number of hydrogen-bond acceptors (Lipinski definition) is 4. The Balaban J connectivity index is 2.23. The zero-order valence-corrected chi connectivity index (χ0v) is 10.5. The summed E-state index contributed by atoms with van der Waals surface area (Å²) < 4.78 is 5.59. The summed E-state index contributed by atoms with van der Waals surface area (Å²) in [5.74, 6) is 0.161. The number of rotatable bonds is 5. The Labute approximate surface area is 97.7 Å². The molecule has 1 rings (SSSR count). The van der Waals surface area contributed by atoms with Crippen molar-refractivity contribution in [3.8, 4) is 0 Å². The molecule has 5 nitrogen and oxygen atoms in total. The molecule has 94 valence electrons. The average molecular weight is 229 g/mol. The van der Waals surface area contributed by atoms with E-state index in [4.69, 9.17) is 4.74 Å². The fourth-order valence-corrected chi connectivity index (χ4v) is 1.68. The third-order valence-electron chi connectivity index (χ3n) is 2.82. The first-order valence-electron chi connectivity index (χ1n) is 5.88. The van der Waals surface area contributed by atoms with Crippen LogP contribution in [-0.4, -0.2) is 75.2 Å². The topological polar surface area (TPSA) is 44.8 Å². The Kier molecular flexibility index (Phi) is 5.73. The van der Waals surface area contributed by atoms with Gasteiger partial charge in [-0.2, -0.15) is 0 Å². The Bertz CT molecular complexity index is 217. The number of likely N-dealkylation sites (N-methyl/N-ethyl adjacent to an activating group) is 2. The van der Waals surface area contributed by atoms with E-state index in [2.05, 4.69) is 5.32 Å². The highest BCUT2D eigenvalue weighted by Gasteiger charge is 2.17. The number of morpholine rings is 1. The third kappa shape index (κ3) is 4.47. The van der Waals surface area contributed by atoms with Gasteiger partial charge in [-0.1, -0.05) is 0 Å². The van der Waals surface area contributed by atoms with Crippen molar-refractivity contribution in [1.82, 2.24) is 15.1 Å². The van der Waals surface area contributed by atoms with Crippen molar-refractivity contribution >= 4 is 5.91 Å². The second kappa shape index (κ2) is 6.83. The van der Waals surface area contributed by atoms with Gasteiger partial charge in [0.15, 0.2) is 0 Å². The van der Waals surface area contributed by atoms with E-state index in [9.17, 15) is 4.79 Å². The highest BCUT2D eigenvalue weighted by Crippen LogP contribution is 1.99. The number of nitrogens with zero attached hydrogens (tertiary/aromatic N) is 2. The first-order chi connectivity index (χ1) is 7.63. The molecule has 1 amide bonds. The van der Waals surface area contributed by atoms with E-state index in [1.165, 1.54) is 0 Å². The SMILES string of the molecule is CCN(C)C(=O)CN(C)CC1CNCCO1. The molecule has 5 heteroatoms. The van der Waals surface area contributed by atoms with Crippen LogP contribution in [0, 0.1) is 0 Å². The molecule has 1 fully saturated rings. The van der Waals surface area contributed by atoms with E-state index in [0.717, 1.165) is 32.8 Å². The highest BCUT2D eigenvalue weighted by molar-refractivity contribution is 5.77. The number of carbonyl (C=O) groups is 1. The zero-order chi connectivity index (χ0) is 12.0. The van der Waals surface area contributed by atoms with E-state index in [1.807, 2.05) is 25.9 Å². The van der Waals surface area contributed by atoms with E-state index < -0.39 is 0 Å². The summed E-state index contributed by atoms with van der Waals surface area (Å²) in [6, 6.07) is 0. The minimum absolute atomic E-state index is 0.161. The molecular formula is C11H23N3O2. The minimum atomic E-state index is 0.161. The van der Waals surface area contributed by atoms with Crippen molar-refractivity contribution in [1.29, 1.82) is 0 Å². The molecule has 1 N–H and O–H groups in total. The van der Waals surface area contributed by atoms with E-state index >= 15 is 0 Å². The van der Waals surface area contributed by atoms with Crippen LogP contribution in [0.4, 0.5) is 0 Å². The normalized spacial score (nSPS) is 21.1. The van der Waals surface area contributed by atoms with Crippen LogP contribution in [0.5, 0.6) is 0 Å². The summed E-state index contributed by atoms with van der Waals surface area (Å²) in [4.78, 5) is 15.4. The average Bonchev–Trinajstić information content (AvgIpc) is 2.29. The van der Waals surface area contributed by atoms with Crippen LogP contribution >= 0.6 is 0 Å². The quantitative estimate of drug-likeness (QED) is 0.683. The molecule has 1 saturated heterocycles. The van der Waals surface area contributed by atoms with Crippen molar-refractivity contribution in [3.05, 3.63) is 0 Å². The van der Waals surface area contributed by atoms with Crippen LogP contribution < -0.4 is 5.32 Å². The number of hydrogen-bond donors (Lipinski definition) is 1. The molecule has 0 bridgehead atoms. The second-order valence-electron chi connectivity index (χ2n) is 4.30. The first kappa shape index (κ1) is 13.4. The Hall–Kier alpha value is -0.650. The van der Waals surface area contributed by atoms with E-state index in [0.29, 0.717) is 6.54 Å².